The van der Waals surface area contributed by atoms with Crippen molar-refractivity contribution in [1.29, 1.82) is 0 Å². The van der Waals surface area contributed by atoms with Crippen LogP contribution in [-0.4, -0.2) is 111 Å². The predicted molar refractivity (Wildman–Crippen MR) is 141 cm³/mol. The number of hydrogen-bond acceptors (Lipinski definition) is 12. The Morgan fingerprint density at radius 3 is 1.59 bits per heavy atom. The van der Waals surface area contributed by atoms with Crippen LogP contribution < -0.4 is 16.0 Å². The third-order valence-corrected chi connectivity index (χ3v) is 7.34. The van der Waals surface area contributed by atoms with E-state index in [9.17, 15) is 49.2 Å². The van der Waals surface area contributed by atoms with E-state index in [2.05, 4.69) is 16.0 Å². The molecular weight excluding hydrogens is 514 g/mol. The fraction of sp³-hybridized carbons (Fsp3) is 0.769. The van der Waals surface area contributed by atoms with E-state index in [0.717, 1.165) is 6.92 Å². The van der Waals surface area contributed by atoms with Crippen LogP contribution in [0, 0.1) is 11.8 Å². The lowest BCUT2D eigenvalue weighted by molar-refractivity contribution is -0.181. The zero-order chi connectivity index (χ0) is 31.1. The standard InChI is InChI=1S/C26H45N3O10/c1-10-14(4)19(29-9)16(30)11-26(39,23(35)36)22(34)25(38,20(32)15(5)27-7)12-17(31)24(6,37)21(33)18(28-8)13(2)3/h13-15,18-19,27-29,37-39H,10-12H2,1-9H3,(H,35,36)/t14?,15-,18-,19+,24?,25?,26?/m1/s1. The lowest BCUT2D eigenvalue weighted by Crippen LogP contribution is -2.66. The summed E-state index contributed by atoms with van der Waals surface area (Å²) in [5, 5.41) is 50.8. The predicted octanol–water partition coefficient (Wildman–Crippen LogP) is -1.60. The van der Waals surface area contributed by atoms with Gasteiger partial charge in [0.15, 0.2) is 34.3 Å². The van der Waals surface area contributed by atoms with Crippen LogP contribution in [0.4, 0.5) is 0 Å². The number of hydrogen-bond donors (Lipinski definition) is 7. The summed E-state index contributed by atoms with van der Waals surface area (Å²) in [4.78, 5) is 78.1. The molecule has 0 aliphatic carbocycles. The molecule has 39 heavy (non-hydrogen) atoms. The van der Waals surface area contributed by atoms with Crippen LogP contribution in [0.3, 0.4) is 0 Å². The van der Waals surface area contributed by atoms with E-state index >= 15 is 0 Å². The first-order valence-electron chi connectivity index (χ1n) is 12.9. The molecule has 0 aromatic rings. The van der Waals surface area contributed by atoms with E-state index < -0.39 is 82.7 Å². The molecule has 13 nitrogen and oxygen atoms in total. The Hall–Kier alpha value is -2.42. The van der Waals surface area contributed by atoms with Gasteiger partial charge in [0, 0.05) is 0 Å². The molecule has 0 bridgehead atoms. The number of carboxylic acids is 1. The third-order valence-electron chi connectivity index (χ3n) is 7.34. The first-order chi connectivity index (χ1) is 17.7. The van der Waals surface area contributed by atoms with Crippen LogP contribution in [-0.2, 0) is 28.8 Å². The molecule has 13 heteroatoms. The first-order valence-corrected chi connectivity index (χ1v) is 12.9. The lowest BCUT2D eigenvalue weighted by atomic mass is 9.72. The Morgan fingerprint density at radius 1 is 0.744 bits per heavy atom. The van der Waals surface area contributed by atoms with Gasteiger partial charge in [-0.3, -0.25) is 24.0 Å². The average Bonchev–Trinajstić information content (AvgIpc) is 2.86. The van der Waals surface area contributed by atoms with Crippen LogP contribution in [0.15, 0.2) is 0 Å². The summed E-state index contributed by atoms with van der Waals surface area (Å²) < 4.78 is 0. The molecule has 0 aromatic heterocycles. The Bertz CT molecular complexity index is 950. The molecule has 0 rings (SSSR count). The number of carbonyl (C=O) groups excluding carboxylic acids is 5. The van der Waals surface area contributed by atoms with Crippen molar-refractivity contribution in [1.82, 2.24) is 16.0 Å². The van der Waals surface area contributed by atoms with Gasteiger partial charge in [0.25, 0.3) is 0 Å². The summed E-state index contributed by atoms with van der Waals surface area (Å²) in [6.07, 6.45) is -2.37. The van der Waals surface area contributed by atoms with Gasteiger partial charge in [0.2, 0.25) is 11.4 Å². The van der Waals surface area contributed by atoms with Crippen LogP contribution in [0.2, 0.25) is 0 Å². The molecule has 0 spiro atoms. The Labute approximate surface area is 229 Å². The quantitative estimate of drug-likeness (QED) is 0.0887. The fourth-order valence-electron chi connectivity index (χ4n) is 4.34. The normalized spacial score (nSPS) is 19.5. The van der Waals surface area contributed by atoms with E-state index in [0.29, 0.717) is 6.42 Å². The second kappa shape index (κ2) is 14.3. The Morgan fingerprint density at radius 2 is 1.23 bits per heavy atom. The summed E-state index contributed by atoms with van der Waals surface area (Å²) >= 11 is 0. The van der Waals surface area contributed by atoms with E-state index in [4.69, 9.17) is 0 Å². The molecule has 0 aromatic carbocycles. The molecule has 0 saturated heterocycles. The van der Waals surface area contributed by atoms with Gasteiger partial charge in [-0.05, 0) is 46.8 Å². The highest BCUT2D eigenvalue weighted by Crippen LogP contribution is 2.30. The number of likely N-dealkylation sites (N-methyl/N-ethyl adjacent to an activating group) is 3. The largest absolute Gasteiger partial charge is 0.479 e. The first kappa shape index (κ1) is 36.6. The Balaban J connectivity index is 6.78. The molecule has 4 unspecified atom stereocenters. The molecule has 7 N–H and O–H groups in total. The van der Waals surface area contributed by atoms with Crippen molar-refractivity contribution in [2.24, 2.45) is 11.8 Å². The molecule has 0 radical (unpaired) electrons. The highest BCUT2D eigenvalue weighted by atomic mass is 16.4. The van der Waals surface area contributed by atoms with Gasteiger partial charge in [-0.25, -0.2) is 4.79 Å². The second-order valence-electron chi connectivity index (χ2n) is 10.6. The minimum Gasteiger partial charge on any atom is -0.479 e. The highest BCUT2D eigenvalue weighted by molar-refractivity contribution is 6.25. The van der Waals surface area contributed by atoms with Gasteiger partial charge in [-0.15, -0.1) is 0 Å². The monoisotopic (exact) mass is 559 g/mol. The number of Topliss-reactive ketones (excluding diaryl/α,β-unsaturated/α-hetero) is 5. The maximum absolute atomic E-state index is 13.6. The van der Waals surface area contributed by atoms with Crippen LogP contribution >= 0.6 is 0 Å². The summed E-state index contributed by atoms with van der Waals surface area (Å²) in [5.74, 6) is -9.74. The van der Waals surface area contributed by atoms with Crippen molar-refractivity contribution < 1.29 is 49.2 Å². The zero-order valence-electron chi connectivity index (χ0n) is 24.2. The third kappa shape index (κ3) is 7.83. The van der Waals surface area contributed by atoms with E-state index in [1.165, 1.54) is 28.1 Å². The molecule has 0 aliphatic rings. The van der Waals surface area contributed by atoms with Crippen LogP contribution in [0.5, 0.6) is 0 Å². The summed E-state index contributed by atoms with van der Waals surface area (Å²) in [5.41, 5.74) is -9.94. The maximum atomic E-state index is 13.6. The summed E-state index contributed by atoms with van der Waals surface area (Å²) in [6, 6.07) is -3.33. The van der Waals surface area contributed by atoms with Gasteiger partial charge < -0.3 is 36.4 Å². The van der Waals surface area contributed by atoms with Crippen molar-refractivity contribution in [2.45, 2.75) is 95.7 Å². The van der Waals surface area contributed by atoms with Gasteiger partial charge in [0.1, 0.15) is 0 Å². The molecule has 7 atom stereocenters. The van der Waals surface area contributed by atoms with Crippen molar-refractivity contribution in [3.8, 4) is 0 Å². The van der Waals surface area contributed by atoms with Gasteiger partial charge in [0.05, 0.1) is 31.0 Å². The topological polar surface area (TPSA) is 219 Å². The summed E-state index contributed by atoms with van der Waals surface area (Å²) in [7, 11) is 4.13. The van der Waals surface area contributed by atoms with Crippen molar-refractivity contribution in [2.75, 3.05) is 21.1 Å². The van der Waals surface area contributed by atoms with E-state index in [1.54, 1.807) is 27.7 Å². The number of aliphatic carboxylic acids is 1. The van der Waals surface area contributed by atoms with E-state index in [-0.39, 0.29) is 11.8 Å². The molecule has 0 heterocycles. The SMILES string of the molecule is CCC(C)[C@H](NC)C(=O)CC(O)(C(=O)O)C(=O)C(O)(CC(=O)C(C)(O)C(=O)[C@H](NC)C(C)C)C(=O)[C@@H](C)NC. The number of carbonyl (C=O) groups is 6. The lowest BCUT2D eigenvalue weighted by Gasteiger charge is -2.36. The smallest absolute Gasteiger partial charge is 0.344 e. The second-order valence-corrected chi connectivity index (χ2v) is 10.6. The number of nitrogens with one attached hydrogen (secondary N) is 3. The van der Waals surface area contributed by atoms with Crippen LogP contribution in [0.1, 0.15) is 60.8 Å². The van der Waals surface area contributed by atoms with E-state index in [1.807, 2.05) is 0 Å². The molecule has 0 amide bonds. The van der Waals surface area contributed by atoms with Gasteiger partial charge in [-0.1, -0.05) is 34.1 Å². The van der Waals surface area contributed by atoms with Crippen LogP contribution in [0.25, 0.3) is 0 Å². The van der Waals surface area contributed by atoms with Gasteiger partial charge in [-0.2, -0.15) is 0 Å². The minimum absolute atomic E-state index is 0.329. The molecule has 0 aliphatic heterocycles. The van der Waals surface area contributed by atoms with Crippen molar-refractivity contribution in [3.63, 3.8) is 0 Å². The van der Waals surface area contributed by atoms with Crippen molar-refractivity contribution >= 4 is 34.9 Å². The highest BCUT2D eigenvalue weighted by Gasteiger charge is 2.61. The summed E-state index contributed by atoms with van der Waals surface area (Å²) in [6.45, 7) is 8.76. The molecular formula is C26H45N3O10. The number of carboxylic acid groups (broad SMARTS) is 1. The molecule has 0 saturated carbocycles. The maximum Gasteiger partial charge on any atom is 0.344 e. The number of rotatable bonds is 19. The molecule has 224 valence electrons. The van der Waals surface area contributed by atoms with Crippen molar-refractivity contribution in [3.05, 3.63) is 0 Å². The van der Waals surface area contributed by atoms with Gasteiger partial charge >= 0.3 is 5.97 Å². The Kier molecular flexibility index (Phi) is 13.4. The average molecular weight is 560 g/mol. The zero-order valence-corrected chi connectivity index (χ0v) is 24.2. The molecule has 0 fully saturated rings. The minimum atomic E-state index is -3.61. The number of ketones is 5. The fourth-order valence-corrected chi connectivity index (χ4v) is 4.34. The number of aliphatic hydroxyl groups is 3.